The number of rotatable bonds is 12. The van der Waals surface area contributed by atoms with E-state index in [2.05, 4.69) is 5.32 Å². The molecule has 0 aliphatic carbocycles. The fraction of sp³-hybridized carbons (Fsp3) is 0.355. The van der Waals surface area contributed by atoms with Crippen LogP contribution in [0.1, 0.15) is 44.7 Å². The van der Waals surface area contributed by atoms with Crippen LogP contribution in [-0.4, -0.2) is 49.5 Å². The molecular weight excluding hydrogens is 567 g/mol. The minimum Gasteiger partial charge on any atom is -0.350 e. The monoisotopic (exact) mass is 603 g/mol. The first-order valence-corrected chi connectivity index (χ1v) is 15.3. The molecule has 226 valence electrons. The number of carbonyl (C=O) groups is 2. The third-order valence-electron chi connectivity index (χ3n) is 6.38. The number of halogens is 3. The van der Waals surface area contributed by atoms with E-state index in [-0.39, 0.29) is 43.9 Å². The van der Waals surface area contributed by atoms with E-state index >= 15 is 0 Å². The van der Waals surface area contributed by atoms with Gasteiger partial charge in [-0.05, 0) is 62.6 Å². The maximum absolute atomic E-state index is 13.9. The van der Waals surface area contributed by atoms with E-state index in [4.69, 9.17) is 0 Å². The highest BCUT2D eigenvalue weighted by molar-refractivity contribution is 7.92. The Labute approximate surface area is 245 Å². The van der Waals surface area contributed by atoms with Crippen LogP contribution < -0.4 is 9.62 Å². The Bertz CT molecular complexity index is 1480. The molecule has 42 heavy (non-hydrogen) atoms. The van der Waals surface area contributed by atoms with Crippen molar-refractivity contribution in [3.63, 3.8) is 0 Å². The second kappa shape index (κ2) is 13.9. The highest BCUT2D eigenvalue weighted by Gasteiger charge is 2.32. The number of nitrogens with zero attached hydrogens (tertiary/aromatic N) is 2. The van der Waals surface area contributed by atoms with Gasteiger partial charge in [0.15, 0.2) is 11.6 Å². The molecule has 11 heteroatoms. The summed E-state index contributed by atoms with van der Waals surface area (Å²) in [5.41, 5.74) is 0.770. The average molecular weight is 604 g/mol. The summed E-state index contributed by atoms with van der Waals surface area (Å²) in [6.45, 7) is 5.31. The fourth-order valence-corrected chi connectivity index (χ4v) is 5.39. The van der Waals surface area contributed by atoms with Crippen molar-refractivity contribution < 1.29 is 31.2 Å². The SMILES string of the molecule is CC(C)(C)NC(=O)[C@@H](Cc1ccccc1)N(Cc1ccc(F)cc1)C(=O)CCCN(c1ccc(F)c(F)c1)S(C)(=O)=O. The lowest BCUT2D eigenvalue weighted by molar-refractivity contribution is -0.142. The fourth-order valence-electron chi connectivity index (χ4n) is 4.44. The van der Waals surface area contributed by atoms with Crippen molar-refractivity contribution in [1.29, 1.82) is 0 Å². The molecule has 0 aromatic heterocycles. The van der Waals surface area contributed by atoms with Crippen LogP contribution in [-0.2, 0) is 32.6 Å². The van der Waals surface area contributed by atoms with E-state index in [1.165, 1.54) is 29.2 Å². The predicted molar refractivity (Wildman–Crippen MR) is 157 cm³/mol. The number of carbonyl (C=O) groups excluding carboxylic acids is 2. The molecule has 0 aliphatic heterocycles. The summed E-state index contributed by atoms with van der Waals surface area (Å²) in [4.78, 5) is 28.8. The summed E-state index contributed by atoms with van der Waals surface area (Å²) in [5, 5.41) is 2.95. The average Bonchev–Trinajstić information content (AvgIpc) is 2.90. The minimum absolute atomic E-state index is 0.00708. The molecule has 1 atom stereocenters. The van der Waals surface area contributed by atoms with Crippen LogP contribution in [0.2, 0.25) is 0 Å². The second-order valence-corrected chi connectivity index (χ2v) is 13.0. The van der Waals surface area contributed by atoms with Gasteiger partial charge in [-0.3, -0.25) is 13.9 Å². The Hall–Kier alpha value is -3.86. The lowest BCUT2D eigenvalue weighted by Gasteiger charge is -2.34. The summed E-state index contributed by atoms with van der Waals surface area (Å²) in [7, 11) is -3.89. The Morgan fingerprint density at radius 3 is 2.10 bits per heavy atom. The van der Waals surface area contributed by atoms with Crippen molar-refractivity contribution in [2.24, 2.45) is 0 Å². The molecule has 3 rings (SSSR count). The van der Waals surface area contributed by atoms with Crippen LogP contribution in [0.3, 0.4) is 0 Å². The molecule has 0 saturated carbocycles. The molecule has 0 radical (unpaired) electrons. The topological polar surface area (TPSA) is 86.8 Å². The second-order valence-electron chi connectivity index (χ2n) is 11.1. The number of anilines is 1. The first-order valence-electron chi connectivity index (χ1n) is 13.5. The highest BCUT2D eigenvalue weighted by Crippen LogP contribution is 2.22. The summed E-state index contributed by atoms with van der Waals surface area (Å²) in [5.74, 6) is -3.56. The number of nitrogens with one attached hydrogen (secondary N) is 1. The maximum Gasteiger partial charge on any atom is 0.243 e. The predicted octanol–water partition coefficient (Wildman–Crippen LogP) is 5.20. The smallest absolute Gasteiger partial charge is 0.243 e. The van der Waals surface area contributed by atoms with E-state index in [1.807, 2.05) is 51.1 Å². The highest BCUT2D eigenvalue weighted by atomic mass is 32.2. The standard InChI is InChI=1S/C31H36F3N3O4S/c1-31(2,3)35-30(39)28(19-22-9-6-5-7-10-22)36(21-23-12-14-24(32)15-13-23)29(38)11-8-18-37(42(4,40)41)25-16-17-26(33)27(34)20-25/h5-7,9-10,12-17,20,28H,8,11,18-19,21H2,1-4H3,(H,35,39)/t28-/m1/s1. The van der Waals surface area contributed by atoms with Gasteiger partial charge in [-0.1, -0.05) is 42.5 Å². The first-order chi connectivity index (χ1) is 19.6. The summed E-state index contributed by atoms with van der Waals surface area (Å²) >= 11 is 0. The number of benzene rings is 3. The Balaban J connectivity index is 1.90. The molecule has 0 aliphatic rings. The van der Waals surface area contributed by atoms with E-state index in [9.17, 15) is 31.2 Å². The van der Waals surface area contributed by atoms with Gasteiger partial charge in [-0.15, -0.1) is 0 Å². The van der Waals surface area contributed by atoms with Crippen molar-refractivity contribution in [2.75, 3.05) is 17.1 Å². The van der Waals surface area contributed by atoms with Gasteiger partial charge in [0, 0.05) is 37.5 Å². The molecule has 2 amide bonds. The lowest BCUT2D eigenvalue weighted by Crippen LogP contribution is -2.54. The molecule has 0 fully saturated rings. The third-order valence-corrected chi connectivity index (χ3v) is 7.57. The van der Waals surface area contributed by atoms with Crippen molar-refractivity contribution in [3.8, 4) is 0 Å². The van der Waals surface area contributed by atoms with Crippen LogP contribution in [0.15, 0.2) is 72.8 Å². The molecule has 1 N–H and O–H groups in total. The van der Waals surface area contributed by atoms with Gasteiger partial charge in [0.05, 0.1) is 11.9 Å². The van der Waals surface area contributed by atoms with Gasteiger partial charge >= 0.3 is 0 Å². The summed E-state index contributed by atoms with van der Waals surface area (Å²) in [6.07, 6.45) is 1.03. The number of hydrogen-bond donors (Lipinski definition) is 1. The molecule has 0 spiro atoms. The van der Waals surface area contributed by atoms with Gasteiger partial charge in [0.25, 0.3) is 0 Å². The largest absolute Gasteiger partial charge is 0.350 e. The zero-order valence-corrected chi connectivity index (χ0v) is 24.9. The summed E-state index contributed by atoms with van der Waals surface area (Å²) in [6, 6.07) is 16.6. The lowest BCUT2D eigenvalue weighted by atomic mass is 10.00. The molecule has 7 nitrogen and oxygen atoms in total. The maximum atomic E-state index is 13.9. The van der Waals surface area contributed by atoms with Crippen molar-refractivity contribution in [3.05, 3.63) is 101 Å². The minimum atomic E-state index is -3.89. The molecule has 0 bridgehead atoms. The number of amides is 2. The first kappa shape index (κ1) is 32.7. The summed E-state index contributed by atoms with van der Waals surface area (Å²) < 4.78 is 66.8. The Morgan fingerprint density at radius 2 is 1.52 bits per heavy atom. The third kappa shape index (κ3) is 9.61. The molecule has 0 heterocycles. The zero-order valence-electron chi connectivity index (χ0n) is 24.1. The number of sulfonamides is 1. The van der Waals surface area contributed by atoms with Crippen LogP contribution in [0.25, 0.3) is 0 Å². The van der Waals surface area contributed by atoms with Gasteiger partial charge in [0.2, 0.25) is 21.8 Å². The van der Waals surface area contributed by atoms with Crippen molar-refractivity contribution in [1.82, 2.24) is 10.2 Å². The van der Waals surface area contributed by atoms with Crippen molar-refractivity contribution >= 4 is 27.5 Å². The molecule has 3 aromatic rings. The van der Waals surface area contributed by atoms with Gasteiger partial charge in [-0.2, -0.15) is 0 Å². The van der Waals surface area contributed by atoms with E-state index < -0.39 is 45.0 Å². The molecule has 0 saturated heterocycles. The van der Waals surface area contributed by atoms with Gasteiger partial charge in [0.1, 0.15) is 11.9 Å². The Morgan fingerprint density at radius 1 is 0.881 bits per heavy atom. The number of hydrogen-bond acceptors (Lipinski definition) is 4. The Kier molecular flexibility index (Phi) is 10.8. The molecule has 0 unspecified atom stereocenters. The van der Waals surface area contributed by atoms with Crippen LogP contribution >= 0.6 is 0 Å². The van der Waals surface area contributed by atoms with Crippen LogP contribution in [0, 0.1) is 17.5 Å². The van der Waals surface area contributed by atoms with E-state index in [1.54, 1.807) is 0 Å². The van der Waals surface area contributed by atoms with Crippen LogP contribution in [0.4, 0.5) is 18.9 Å². The van der Waals surface area contributed by atoms with Crippen LogP contribution in [0.5, 0.6) is 0 Å². The van der Waals surface area contributed by atoms with E-state index in [0.717, 1.165) is 34.3 Å². The normalized spacial score (nSPS) is 12.5. The zero-order chi connectivity index (χ0) is 31.1. The van der Waals surface area contributed by atoms with Crippen molar-refractivity contribution in [2.45, 2.75) is 58.2 Å². The molecule has 3 aromatic carbocycles. The quantitative estimate of drug-likeness (QED) is 0.308. The van der Waals surface area contributed by atoms with Gasteiger partial charge in [-0.25, -0.2) is 21.6 Å². The van der Waals surface area contributed by atoms with Gasteiger partial charge < -0.3 is 10.2 Å². The molecular formula is C31H36F3N3O4S. The van der Waals surface area contributed by atoms with E-state index in [0.29, 0.717) is 5.56 Å².